The lowest BCUT2D eigenvalue weighted by Crippen LogP contribution is -2.30. The zero-order valence-electron chi connectivity index (χ0n) is 19.6. The van der Waals surface area contributed by atoms with E-state index in [4.69, 9.17) is 16.3 Å². The van der Waals surface area contributed by atoms with Gasteiger partial charge in [-0.25, -0.2) is 13.1 Å². The van der Waals surface area contributed by atoms with Crippen molar-refractivity contribution in [3.05, 3.63) is 94.6 Å². The van der Waals surface area contributed by atoms with Crippen LogP contribution in [-0.2, 0) is 23.5 Å². The molecule has 0 radical (unpaired) electrons. The molecule has 0 aliphatic heterocycles. The SMILES string of the molecule is COc1ccc(Cl)cc1C(=O)NCCc1ccc(S(=O)(=O)NC(=O)c2cn(C)c3ccccc23)cc1. The summed E-state index contributed by atoms with van der Waals surface area (Å²) in [5, 5.41) is 3.89. The van der Waals surface area contributed by atoms with Crippen LogP contribution in [0.15, 0.2) is 77.8 Å². The first-order valence-electron chi connectivity index (χ1n) is 11.0. The molecule has 2 N–H and O–H groups in total. The first kappa shape index (κ1) is 25.3. The largest absolute Gasteiger partial charge is 0.496 e. The van der Waals surface area contributed by atoms with Crippen molar-refractivity contribution < 1.29 is 22.7 Å². The highest BCUT2D eigenvalue weighted by Gasteiger charge is 2.21. The van der Waals surface area contributed by atoms with Crippen LogP contribution in [0.2, 0.25) is 5.02 Å². The summed E-state index contributed by atoms with van der Waals surface area (Å²) in [5.74, 6) is -0.614. The van der Waals surface area contributed by atoms with E-state index >= 15 is 0 Å². The van der Waals surface area contributed by atoms with Crippen LogP contribution in [0, 0.1) is 0 Å². The van der Waals surface area contributed by atoms with Crippen LogP contribution < -0.4 is 14.8 Å². The van der Waals surface area contributed by atoms with Crippen molar-refractivity contribution in [2.24, 2.45) is 7.05 Å². The van der Waals surface area contributed by atoms with Crippen LogP contribution in [0.25, 0.3) is 10.9 Å². The lowest BCUT2D eigenvalue weighted by molar-refractivity contribution is 0.0949. The topological polar surface area (TPSA) is 106 Å². The van der Waals surface area contributed by atoms with E-state index in [1.54, 1.807) is 54.2 Å². The minimum atomic E-state index is -4.07. The zero-order valence-corrected chi connectivity index (χ0v) is 21.2. The molecule has 186 valence electrons. The van der Waals surface area contributed by atoms with E-state index in [0.717, 1.165) is 11.1 Å². The molecule has 0 aliphatic rings. The number of nitrogens with zero attached hydrogens (tertiary/aromatic N) is 1. The van der Waals surface area contributed by atoms with Crippen LogP contribution >= 0.6 is 11.6 Å². The predicted octanol–water partition coefficient (Wildman–Crippen LogP) is 3.93. The minimum Gasteiger partial charge on any atom is -0.496 e. The molecule has 2 amide bonds. The number of nitrogens with one attached hydrogen (secondary N) is 2. The van der Waals surface area contributed by atoms with Gasteiger partial charge in [0.25, 0.3) is 21.8 Å². The van der Waals surface area contributed by atoms with Crippen molar-refractivity contribution >= 4 is 44.3 Å². The Morgan fingerprint density at radius 3 is 2.42 bits per heavy atom. The molecular formula is C26H24ClN3O5S. The second-order valence-corrected chi connectivity index (χ2v) is 10.2. The standard InChI is InChI=1S/C26H24ClN3O5S/c1-30-16-22(20-5-3-4-6-23(20)30)26(32)29-36(33,34)19-10-7-17(8-11-19)13-14-28-25(31)21-15-18(27)9-12-24(21)35-2/h3-12,15-16H,13-14H2,1-2H3,(H,28,31)(H,29,32). The van der Waals surface area contributed by atoms with E-state index in [-0.39, 0.29) is 16.4 Å². The maximum atomic E-state index is 12.8. The number of sulfonamides is 1. The van der Waals surface area contributed by atoms with Crippen molar-refractivity contribution in [3.63, 3.8) is 0 Å². The Morgan fingerprint density at radius 1 is 0.972 bits per heavy atom. The van der Waals surface area contributed by atoms with E-state index < -0.39 is 15.9 Å². The summed E-state index contributed by atoms with van der Waals surface area (Å²) >= 11 is 5.98. The lowest BCUT2D eigenvalue weighted by Gasteiger charge is -2.10. The fourth-order valence-corrected chi connectivity index (χ4v) is 5.01. The highest BCUT2D eigenvalue weighted by atomic mass is 35.5. The molecule has 8 nitrogen and oxygen atoms in total. The van der Waals surface area contributed by atoms with E-state index in [2.05, 4.69) is 10.0 Å². The van der Waals surface area contributed by atoms with Crippen molar-refractivity contribution in [1.82, 2.24) is 14.6 Å². The van der Waals surface area contributed by atoms with Crippen LogP contribution in [-0.4, -0.2) is 38.5 Å². The average Bonchev–Trinajstić information content (AvgIpc) is 3.21. The zero-order chi connectivity index (χ0) is 25.9. The molecule has 0 saturated heterocycles. The number of halogens is 1. The number of hydrogen-bond donors (Lipinski definition) is 2. The number of amides is 2. The third kappa shape index (κ3) is 5.37. The van der Waals surface area contributed by atoms with Crippen molar-refractivity contribution in [2.75, 3.05) is 13.7 Å². The van der Waals surface area contributed by atoms with Gasteiger partial charge in [0.15, 0.2) is 0 Å². The van der Waals surface area contributed by atoms with Crippen LogP contribution in [0.1, 0.15) is 26.3 Å². The van der Waals surface area contributed by atoms with Gasteiger partial charge in [-0.2, -0.15) is 0 Å². The molecule has 10 heteroatoms. The summed E-state index contributed by atoms with van der Waals surface area (Å²) in [6.07, 6.45) is 2.07. The summed E-state index contributed by atoms with van der Waals surface area (Å²) in [5.41, 5.74) is 2.24. The minimum absolute atomic E-state index is 0.0347. The first-order chi connectivity index (χ1) is 17.2. The fraction of sp³-hybridized carbons (Fsp3) is 0.154. The number of carbonyl (C=O) groups is 2. The Morgan fingerprint density at radius 2 is 1.69 bits per heavy atom. The second-order valence-electron chi connectivity index (χ2n) is 8.10. The Balaban J connectivity index is 1.39. The van der Waals surface area contributed by atoms with Gasteiger partial charge in [0.1, 0.15) is 5.75 Å². The average molecular weight is 526 g/mol. The third-order valence-electron chi connectivity index (χ3n) is 5.71. The number of aryl methyl sites for hydroxylation is 1. The van der Waals surface area contributed by atoms with E-state index in [9.17, 15) is 18.0 Å². The second kappa shape index (κ2) is 10.4. The van der Waals surface area contributed by atoms with Gasteiger partial charge in [-0.05, 0) is 48.4 Å². The Bertz CT molecular complexity index is 1550. The van der Waals surface area contributed by atoms with E-state index in [1.165, 1.54) is 25.3 Å². The number of fused-ring (bicyclic) bond motifs is 1. The van der Waals surface area contributed by atoms with E-state index in [1.807, 2.05) is 12.1 Å². The number of para-hydroxylation sites is 1. The maximum Gasteiger partial charge on any atom is 0.267 e. The molecule has 1 aromatic heterocycles. The van der Waals surface area contributed by atoms with Crippen molar-refractivity contribution in [1.29, 1.82) is 0 Å². The molecule has 0 spiro atoms. The highest BCUT2D eigenvalue weighted by Crippen LogP contribution is 2.23. The first-order valence-corrected chi connectivity index (χ1v) is 12.9. The number of benzene rings is 3. The molecule has 4 aromatic rings. The number of hydrogen-bond acceptors (Lipinski definition) is 5. The number of rotatable bonds is 8. The molecule has 1 heterocycles. The van der Waals surface area contributed by atoms with Crippen LogP contribution in [0.4, 0.5) is 0 Å². The Labute approximate surface area is 213 Å². The summed E-state index contributed by atoms with van der Waals surface area (Å²) in [6.45, 7) is 0.318. The maximum absolute atomic E-state index is 12.8. The van der Waals surface area contributed by atoms with Gasteiger partial charge in [-0.15, -0.1) is 0 Å². The third-order valence-corrected chi connectivity index (χ3v) is 7.29. The van der Waals surface area contributed by atoms with Gasteiger partial charge in [0, 0.05) is 35.7 Å². The molecule has 4 rings (SSSR count). The van der Waals surface area contributed by atoms with Gasteiger partial charge in [0.2, 0.25) is 0 Å². The molecule has 0 saturated carbocycles. The molecule has 0 atom stereocenters. The molecule has 36 heavy (non-hydrogen) atoms. The summed E-state index contributed by atoms with van der Waals surface area (Å²) < 4.78 is 34.7. The quantitative estimate of drug-likeness (QED) is 0.362. The van der Waals surface area contributed by atoms with Crippen LogP contribution in [0.5, 0.6) is 5.75 Å². The fourth-order valence-electron chi connectivity index (χ4n) is 3.87. The van der Waals surface area contributed by atoms with Crippen LogP contribution in [0.3, 0.4) is 0 Å². The number of aromatic nitrogens is 1. The smallest absolute Gasteiger partial charge is 0.267 e. The summed E-state index contributed by atoms with van der Waals surface area (Å²) in [4.78, 5) is 25.2. The van der Waals surface area contributed by atoms with Gasteiger partial charge in [-0.3, -0.25) is 9.59 Å². The van der Waals surface area contributed by atoms with Gasteiger partial charge in [-0.1, -0.05) is 41.9 Å². The van der Waals surface area contributed by atoms with Gasteiger partial charge in [0.05, 0.1) is 23.1 Å². The molecule has 0 unspecified atom stereocenters. The number of carbonyl (C=O) groups excluding carboxylic acids is 2. The lowest BCUT2D eigenvalue weighted by atomic mass is 10.1. The van der Waals surface area contributed by atoms with E-state index in [0.29, 0.717) is 34.7 Å². The Kier molecular flexibility index (Phi) is 7.32. The molecule has 0 aliphatic carbocycles. The molecule has 0 bridgehead atoms. The van der Waals surface area contributed by atoms with Crippen molar-refractivity contribution in [2.45, 2.75) is 11.3 Å². The number of ether oxygens (including phenoxy) is 1. The highest BCUT2D eigenvalue weighted by molar-refractivity contribution is 7.90. The predicted molar refractivity (Wildman–Crippen MR) is 138 cm³/mol. The molecule has 3 aromatic carbocycles. The van der Waals surface area contributed by atoms with Gasteiger partial charge < -0.3 is 14.6 Å². The summed E-state index contributed by atoms with van der Waals surface area (Å²) in [6, 6.07) is 18.2. The Hall–Kier alpha value is -3.82. The normalized spacial score (nSPS) is 11.3. The van der Waals surface area contributed by atoms with Gasteiger partial charge >= 0.3 is 0 Å². The molecular weight excluding hydrogens is 502 g/mol. The summed E-state index contributed by atoms with van der Waals surface area (Å²) in [7, 11) is -0.806. The number of methoxy groups -OCH3 is 1. The monoisotopic (exact) mass is 525 g/mol. The molecule has 0 fully saturated rings. The van der Waals surface area contributed by atoms with Crippen molar-refractivity contribution in [3.8, 4) is 5.75 Å².